The van der Waals surface area contributed by atoms with Crippen molar-refractivity contribution in [2.24, 2.45) is 5.92 Å². The minimum Gasteiger partial charge on any atom is -0.466 e. The van der Waals surface area contributed by atoms with Gasteiger partial charge in [-0.25, -0.2) is 0 Å². The Labute approximate surface area is 191 Å². The first-order valence-corrected chi connectivity index (χ1v) is 12.4. The highest BCUT2D eigenvalue weighted by atomic mass is 16.5. The van der Waals surface area contributed by atoms with Gasteiger partial charge >= 0.3 is 5.97 Å². The molecule has 0 aliphatic carbocycles. The number of piperidine rings is 1. The largest absolute Gasteiger partial charge is 0.466 e. The van der Waals surface area contributed by atoms with Gasteiger partial charge in [-0.3, -0.25) is 14.5 Å². The lowest BCUT2D eigenvalue weighted by molar-refractivity contribution is -0.149. The highest BCUT2D eigenvalue weighted by Gasteiger charge is 2.30. The molecular weight excluding hydrogens is 402 g/mol. The van der Waals surface area contributed by atoms with Crippen LogP contribution < -0.4 is 0 Å². The number of benzene rings is 1. The molecule has 0 bridgehead atoms. The van der Waals surface area contributed by atoms with Gasteiger partial charge in [-0.05, 0) is 56.4 Å². The number of hydrogen-bond acceptors (Lipinski definition) is 4. The van der Waals surface area contributed by atoms with E-state index in [-0.39, 0.29) is 17.8 Å². The molecule has 6 heteroatoms. The summed E-state index contributed by atoms with van der Waals surface area (Å²) in [5.41, 5.74) is 4.48. The number of aromatic amines is 1. The Morgan fingerprint density at radius 1 is 1.22 bits per heavy atom. The van der Waals surface area contributed by atoms with Crippen LogP contribution in [-0.4, -0.2) is 58.9 Å². The summed E-state index contributed by atoms with van der Waals surface area (Å²) >= 11 is 0. The minimum atomic E-state index is -0.213. The zero-order valence-corrected chi connectivity index (χ0v) is 19.8. The van der Waals surface area contributed by atoms with Crippen LogP contribution in [0.15, 0.2) is 18.2 Å². The standard InChI is InChI=1S/C26H37N3O3/c1-4-8-20(5-2)28-14-12-24-22(17-28)21-15-18(10-11-23(21)27-24)25(30)29-13-7-9-19(16-29)26(31)32-6-3/h10-11,15,19-20,27H,4-9,12-14,16-17H2,1-3H3. The molecule has 174 valence electrons. The van der Waals surface area contributed by atoms with Gasteiger partial charge in [0.15, 0.2) is 0 Å². The van der Waals surface area contributed by atoms with E-state index in [0.717, 1.165) is 37.9 Å². The molecule has 3 heterocycles. The molecule has 2 aliphatic heterocycles. The van der Waals surface area contributed by atoms with Gasteiger partial charge in [0.1, 0.15) is 0 Å². The van der Waals surface area contributed by atoms with Gasteiger partial charge in [-0.1, -0.05) is 20.3 Å². The maximum atomic E-state index is 13.3. The molecule has 1 N–H and O–H groups in total. The Hall–Kier alpha value is -2.34. The molecule has 2 aliphatic rings. The molecule has 0 spiro atoms. The van der Waals surface area contributed by atoms with Crippen LogP contribution in [0.1, 0.15) is 74.5 Å². The lowest BCUT2D eigenvalue weighted by Gasteiger charge is -2.34. The van der Waals surface area contributed by atoms with Crippen LogP contribution in [0.5, 0.6) is 0 Å². The van der Waals surface area contributed by atoms with Crippen LogP contribution in [-0.2, 0) is 22.5 Å². The van der Waals surface area contributed by atoms with Gasteiger partial charge < -0.3 is 14.6 Å². The number of ether oxygens (including phenoxy) is 1. The molecule has 1 fully saturated rings. The third-order valence-electron chi connectivity index (χ3n) is 7.19. The number of H-pyrrole nitrogens is 1. The lowest BCUT2D eigenvalue weighted by Crippen LogP contribution is -2.42. The van der Waals surface area contributed by atoms with Crippen LogP contribution in [0.2, 0.25) is 0 Å². The average molecular weight is 440 g/mol. The number of nitrogens with zero attached hydrogens (tertiary/aromatic N) is 2. The number of nitrogens with one attached hydrogen (secondary N) is 1. The summed E-state index contributed by atoms with van der Waals surface area (Å²) in [6.45, 7) is 9.92. The van der Waals surface area contributed by atoms with E-state index < -0.39 is 0 Å². The van der Waals surface area contributed by atoms with Crippen LogP contribution in [0.25, 0.3) is 10.9 Å². The summed E-state index contributed by atoms with van der Waals surface area (Å²) in [5.74, 6) is -0.381. The lowest BCUT2D eigenvalue weighted by atomic mass is 9.96. The number of carbonyl (C=O) groups excluding carboxylic acids is 2. The summed E-state index contributed by atoms with van der Waals surface area (Å²) in [7, 11) is 0. The summed E-state index contributed by atoms with van der Waals surface area (Å²) in [6, 6.07) is 6.65. The van der Waals surface area contributed by atoms with Crippen molar-refractivity contribution in [1.29, 1.82) is 0 Å². The minimum absolute atomic E-state index is 0.0148. The quantitative estimate of drug-likeness (QED) is 0.644. The SMILES string of the molecule is CCCC(CC)N1CCc2[nH]c3ccc(C(=O)N4CCCC(C(=O)OCC)C4)cc3c2C1. The highest BCUT2D eigenvalue weighted by molar-refractivity contribution is 5.99. The van der Waals surface area contributed by atoms with Crippen molar-refractivity contribution in [2.45, 2.75) is 71.9 Å². The molecule has 4 rings (SSSR count). The van der Waals surface area contributed by atoms with E-state index in [2.05, 4.69) is 29.8 Å². The van der Waals surface area contributed by atoms with Gasteiger partial charge in [-0.2, -0.15) is 0 Å². The smallest absolute Gasteiger partial charge is 0.310 e. The van der Waals surface area contributed by atoms with E-state index in [9.17, 15) is 9.59 Å². The van der Waals surface area contributed by atoms with Gasteiger partial charge in [0, 0.05) is 60.8 Å². The van der Waals surface area contributed by atoms with Crippen LogP contribution in [0.3, 0.4) is 0 Å². The third-order valence-corrected chi connectivity index (χ3v) is 7.19. The molecule has 1 aromatic heterocycles. The zero-order chi connectivity index (χ0) is 22.7. The Bertz CT molecular complexity index is 967. The van der Waals surface area contributed by atoms with Crippen molar-refractivity contribution in [3.8, 4) is 0 Å². The molecule has 32 heavy (non-hydrogen) atoms. The second kappa shape index (κ2) is 10.1. The topological polar surface area (TPSA) is 65.6 Å². The van der Waals surface area contributed by atoms with E-state index in [0.29, 0.717) is 31.3 Å². The van der Waals surface area contributed by atoms with Gasteiger partial charge in [-0.15, -0.1) is 0 Å². The summed E-state index contributed by atoms with van der Waals surface area (Å²) in [4.78, 5) is 33.5. The average Bonchev–Trinajstić information content (AvgIpc) is 3.19. The maximum Gasteiger partial charge on any atom is 0.310 e. The number of likely N-dealkylation sites (tertiary alicyclic amines) is 1. The number of rotatable bonds is 7. The first-order chi connectivity index (χ1) is 15.5. The molecule has 1 saturated heterocycles. The molecule has 6 nitrogen and oxygen atoms in total. The van der Waals surface area contributed by atoms with E-state index in [1.807, 2.05) is 24.0 Å². The van der Waals surface area contributed by atoms with Crippen molar-refractivity contribution in [1.82, 2.24) is 14.8 Å². The van der Waals surface area contributed by atoms with Gasteiger partial charge in [0.05, 0.1) is 12.5 Å². The molecule has 0 saturated carbocycles. The normalized spacial score (nSPS) is 20.2. The molecule has 2 atom stereocenters. The van der Waals surface area contributed by atoms with E-state index in [1.54, 1.807) is 0 Å². The summed E-state index contributed by atoms with van der Waals surface area (Å²) in [5, 5.41) is 1.17. The van der Waals surface area contributed by atoms with E-state index in [4.69, 9.17) is 4.74 Å². The second-order valence-electron chi connectivity index (χ2n) is 9.26. The fraction of sp³-hybridized carbons (Fsp3) is 0.615. The number of amides is 1. The monoisotopic (exact) mass is 439 g/mol. The van der Waals surface area contributed by atoms with Gasteiger partial charge in [0.25, 0.3) is 5.91 Å². The Kier molecular flexibility index (Phi) is 7.19. The maximum absolute atomic E-state index is 13.3. The van der Waals surface area contributed by atoms with Crippen molar-refractivity contribution < 1.29 is 14.3 Å². The van der Waals surface area contributed by atoms with E-state index >= 15 is 0 Å². The van der Waals surface area contributed by atoms with Crippen molar-refractivity contribution in [3.63, 3.8) is 0 Å². The predicted molar refractivity (Wildman–Crippen MR) is 127 cm³/mol. The Balaban J connectivity index is 1.55. The highest BCUT2D eigenvalue weighted by Crippen LogP contribution is 2.31. The van der Waals surface area contributed by atoms with Crippen molar-refractivity contribution in [3.05, 3.63) is 35.0 Å². The number of aromatic nitrogens is 1. The predicted octanol–water partition coefficient (Wildman–Crippen LogP) is 4.52. The molecule has 1 amide bonds. The molecule has 2 aromatic rings. The Morgan fingerprint density at radius 2 is 2.06 bits per heavy atom. The first-order valence-electron chi connectivity index (χ1n) is 12.4. The third kappa shape index (κ3) is 4.56. The van der Waals surface area contributed by atoms with Crippen LogP contribution >= 0.6 is 0 Å². The molecule has 0 radical (unpaired) electrons. The van der Waals surface area contributed by atoms with E-state index in [1.165, 1.54) is 35.9 Å². The number of hydrogen-bond donors (Lipinski definition) is 1. The van der Waals surface area contributed by atoms with Crippen molar-refractivity contribution in [2.75, 3.05) is 26.2 Å². The second-order valence-corrected chi connectivity index (χ2v) is 9.26. The van der Waals surface area contributed by atoms with Crippen LogP contribution in [0, 0.1) is 5.92 Å². The van der Waals surface area contributed by atoms with Gasteiger partial charge in [0.2, 0.25) is 0 Å². The fourth-order valence-electron chi connectivity index (χ4n) is 5.45. The zero-order valence-electron chi connectivity index (χ0n) is 19.8. The number of esters is 1. The molecule has 2 unspecified atom stereocenters. The molecule has 1 aromatic carbocycles. The molecular formula is C26H37N3O3. The van der Waals surface area contributed by atoms with Crippen molar-refractivity contribution >= 4 is 22.8 Å². The first kappa shape index (κ1) is 22.8. The number of carbonyl (C=O) groups is 2. The van der Waals surface area contributed by atoms with Crippen LogP contribution in [0.4, 0.5) is 0 Å². The summed E-state index contributed by atoms with van der Waals surface area (Å²) in [6.07, 6.45) is 6.26. The number of fused-ring (bicyclic) bond motifs is 3. The fourth-order valence-corrected chi connectivity index (χ4v) is 5.45. The Morgan fingerprint density at radius 3 is 2.81 bits per heavy atom. The summed E-state index contributed by atoms with van der Waals surface area (Å²) < 4.78 is 5.19.